The highest BCUT2D eigenvalue weighted by molar-refractivity contribution is 6.30. The zero-order valence-corrected chi connectivity index (χ0v) is 12.8. The average molecular weight is 336 g/mol. The van der Waals surface area contributed by atoms with Gasteiger partial charge in [-0.25, -0.2) is 9.78 Å². The van der Waals surface area contributed by atoms with Crippen LogP contribution in [0.3, 0.4) is 0 Å². The minimum atomic E-state index is -1.28. The second-order valence-corrected chi connectivity index (χ2v) is 5.00. The van der Waals surface area contributed by atoms with Crippen molar-refractivity contribution >= 4 is 40.8 Å². The highest BCUT2D eigenvalue weighted by Crippen LogP contribution is 2.23. The molecule has 9 heteroatoms. The second-order valence-electron chi connectivity index (χ2n) is 4.57. The molecule has 2 amide bonds. The normalized spacial score (nSPS) is 11.4. The first-order valence-corrected chi connectivity index (χ1v) is 6.96. The third kappa shape index (κ3) is 4.82. The Hall–Kier alpha value is -2.87. The summed E-state index contributed by atoms with van der Waals surface area (Å²) in [5.41, 5.74) is 0.957. The van der Waals surface area contributed by atoms with Gasteiger partial charge < -0.3 is 21.1 Å². The van der Waals surface area contributed by atoms with Crippen LogP contribution < -0.4 is 16.0 Å². The van der Waals surface area contributed by atoms with Crippen molar-refractivity contribution in [2.45, 2.75) is 13.0 Å². The van der Waals surface area contributed by atoms with Gasteiger partial charge in [0.2, 0.25) is 5.91 Å². The minimum Gasteiger partial charge on any atom is -0.465 e. The number of pyridine rings is 2. The van der Waals surface area contributed by atoms with Gasteiger partial charge in [0.25, 0.3) is 0 Å². The van der Waals surface area contributed by atoms with Gasteiger partial charge in [0.05, 0.1) is 22.6 Å². The van der Waals surface area contributed by atoms with Gasteiger partial charge in [0.1, 0.15) is 11.9 Å². The quantitative estimate of drug-likeness (QED) is 0.667. The van der Waals surface area contributed by atoms with Crippen molar-refractivity contribution in [2.75, 3.05) is 10.6 Å². The Bertz CT molecular complexity index is 708. The number of nitrogens with zero attached hydrogens (tertiary/aromatic N) is 2. The minimum absolute atomic E-state index is 0.397. The van der Waals surface area contributed by atoms with E-state index in [1.807, 2.05) is 0 Å². The molecule has 2 heterocycles. The number of rotatable bonds is 5. The third-order valence-corrected chi connectivity index (χ3v) is 3.03. The molecule has 0 saturated heterocycles. The van der Waals surface area contributed by atoms with Crippen molar-refractivity contribution in [3.63, 3.8) is 0 Å². The number of carboxylic acid groups (broad SMARTS) is 1. The molecule has 0 saturated carbocycles. The van der Waals surface area contributed by atoms with Crippen molar-refractivity contribution in [3.05, 3.63) is 41.8 Å². The molecule has 8 nitrogen and oxygen atoms in total. The maximum absolute atomic E-state index is 12.0. The van der Waals surface area contributed by atoms with Crippen LogP contribution in [0.25, 0.3) is 0 Å². The molecule has 1 unspecified atom stereocenters. The maximum atomic E-state index is 12.0. The molecule has 2 rings (SSSR count). The van der Waals surface area contributed by atoms with Crippen molar-refractivity contribution in [1.29, 1.82) is 0 Å². The zero-order valence-electron chi connectivity index (χ0n) is 12.1. The lowest BCUT2D eigenvalue weighted by molar-refractivity contribution is -0.117. The molecule has 0 radical (unpaired) electrons. The lowest BCUT2D eigenvalue weighted by atomic mass is 10.2. The average Bonchev–Trinajstić information content (AvgIpc) is 2.50. The largest absolute Gasteiger partial charge is 0.465 e. The molecule has 0 aliphatic carbocycles. The smallest absolute Gasteiger partial charge is 0.405 e. The number of anilines is 3. The number of nitrogens with one attached hydrogen (secondary N) is 3. The number of carbonyl (C=O) groups is 2. The topological polar surface area (TPSA) is 116 Å². The van der Waals surface area contributed by atoms with Gasteiger partial charge in [-0.2, -0.15) is 0 Å². The summed E-state index contributed by atoms with van der Waals surface area (Å²) in [6.07, 6.45) is 3.21. The van der Waals surface area contributed by atoms with Gasteiger partial charge in [-0.3, -0.25) is 9.78 Å². The van der Waals surface area contributed by atoms with Crippen molar-refractivity contribution in [2.24, 2.45) is 0 Å². The predicted octanol–water partition coefficient (Wildman–Crippen LogP) is 2.47. The summed E-state index contributed by atoms with van der Waals surface area (Å²) < 4.78 is 0. The summed E-state index contributed by atoms with van der Waals surface area (Å²) in [7, 11) is 0. The van der Waals surface area contributed by atoms with E-state index in [1.165, 1.54) is 19.3 Å². The van der Waals surface area contributed by atoms with E-state index in [0.29, 0.717) is 22.2 Å². The van der Waals surface area contributed by atoms with E-state index in [4.69, 9.17) is 16.7 Å². The van der Waals surface area contributed by atoms with Gasteiger partial charge in [-0.15, -0.1) is 0 Å². The number of hydrogen-bond donors (Lipinski definition) is 4. The van der Waals surface area contributed by atoms with Gasteiger partial charge >= 0.3 is 6.09 Å². The summed E-state index contributed by atoms with van der Waals surface area (Å²) in [6, 6.07) is 4.11. The highest BCUT2D eigenvalue weighted by atomic mass is 35.5. The van der Waals surface area contributed by atoms with Gasteiger partial charge in [-0.05, 0) is 25.1 Å². The second kappa shape index (κ2) is 7.41. The Morgan fingerprint density at radius 2 is 2.00 bits per heavy atom. The molecule has 120 valence electrons. The molecule has 2 aromatic rings. The molecular weight excluding hydrogens is 322 g/mol. The molecule has 4 N–H and O–H groups in total. The lowest BCUT2D eigenvalue weighted by Crippen LogP contribution is -2.40. The van der Waals surface area contributed by atoms with Crippen molar-refractivity contribution < 1.29 is 14.7 Å². The molecule has 0 aliphatic rings. The van der Waals surface area contributed by atoms with Crippen LogP contribution in [0.15, 0.2) is 36.8 Å². The van der Waals surface area contributed by atoms with Crippen LogP contribution in [-0.2, 0) is 4.79 Å². The number of amides is 2. The van der Waals surface area contributed by atoms with Gasteiger partial charge in [0.15, 0.2) is 0 Å². The fourth-order valence-electron chi connectivity index (χ4n) is 1.68. The maximum Gasteiger partial charge on any atom is 0.405 e. The number of hydrogen-bond acceptors (Lipinski definition) is 5. The Morgan fingerprint density at radius 3 is 2.65 bits per heavy atom. The van der Waals surface area contributed by atoms with Gasteiger partial charge in [-0.1, -0.05) is 11.6 Å². The van der Waals surface area contributed by atoms with Crippen LogP contribution in [0.4, 0.5) is 22.0 Å². The Kier molecular flexibility index (Phi) is 5.32. The molecule has 0 fully saturated rings. The first kappa shape index (κ1) is 16.5. The molecule has 0 aliphatic heterocycles. The van der Waals surface area contributed by atoms with E-state index in [-0.39, 0.29) is 0 Å². The fraction of sp³-hybridized carbons (Fsp3) is 0.143. The zero-order chi connectivity index (χ0) is 16.8. The Labute approximate surface area is 136 Å². The Morgan fingerprint density at radius 1 is 1.22 bits per heavy atom. The number of aromatic nitrogens is 2. The molecule has 0 bridgehead atoms. The van der Waals surface area contributed by atoms with Crippen LogP contribution in [0.5, 0.6) is 0 Å². The van der Waals surface area contributed by atoms with E-state index < -0.39 is 18.0 Å². The summed E-state index contributed by atoms with van der Waals surface area (Å²) in [5, 5.41) is 16.8. The number of carbonyl (C=O) groups excluding carboxylic acids is 1. The van der Waals surface area contributed by atoms with E-state index >= 15 is 0 Å². The Balaban J connectivity index is 2.12. The standard InChI is InChI=1S/C14H14ClN5O3/c1-8(18-14(22)23)13(21)20-11-7-16-5-4-10(11)19-12-3-2-9(15)6-17-12/h2-8,18H,1H3,(H,20,21)(H,22,23)(H,16,17,19). The molecule has 0 spiro atoms. The van der Waals surface area contributed by atoms with Crippen LogP contribution in [0.1, 0.15) is 6.92 Å². The van der Waals surface area contributed by atoms with Gasteiger partial charge in [0, 0.05) is 12.4 Å². The lowest BCUT2D eigenvalue weighted by Gasteiger charge is -2.15. The summed E-state index contributed by atoms with van der Waals surface area (Å²) in [6.45, 7) is 1.44. The van der Waals surface area contributed by atoms with E-state index in [0.717, 1.165) is 0 Å². The number of halogens is 1. The van der Waals surface area contributed by atoms with Crippen LogP contribution in [0.2, 0.25) is 5.02 Å². The van der Waals surface area contributed by atoms with E-state index in [2.05, 4.69) is 25.9 Å². The molecule has 0 aromatic carbocycles. The fourth-order valence-corrected chi connectivity index (χ4v) is 1.79. The van der Waals surface area contributed by atoms with Crippen LogP contribution in [-0.4, -0.2) is 33.1 Å². The third-order valence-electron chi connectivity index (χ3n) is 2.80. The highest BCUT2D eigenvalue weighted by Gasteiger charge is 2.16. The van der Waals surface area contributed by atoms with E-state index in [1.54, 1.807) is 24.4 Å². The summed E-state index contributed by atoms with van der Waals surface area (Å²) >= 11 is 5.78. The van der Waals surface area contributed by atoms with Crippen LogP contribution in [0, 0.1) is 0 Å². The van der Waals surface area contributed by atoms with Crippen molar-refractivity contribution in [1.82, 2.24) is 15.3 Å². The predicted molar refractivity (Wildman–Crippen MR) is 86.0 cm³/mol. The molecular formula is C14H14ClN5O3. The van der Waals surface area contributed by atoms with Crippen molar-refractivity contribution in [3.8, 4) is 0 Å². The van der Waals surface area contributed by atoms with Crippen LogP contribution >= 0.6 is 11.6 Å². The molecule has 2 aromatic heterocycles. The monoisotopic (exact) mass is 335 g/mol. The first-order valence-electron chi connectivity index (χ1n) is 6.58. The molecule has 1 atom stereocenters. The first-order chi connectivity index (χ1) is 11.0. The summed E-state index contributed by atoms with van der Waals surface area (Å²) in [4.78, 5) is 30.6. The van der Waals surface area contributed by atoms with E-state index in [9.17, 15) is 9.59 Å². The molecule has 23 heavy (non-hydrogen) atoms. The summed E-state index contributed by atoms with van der Waals surface area (Å²) in [5.74, 6) is 0.0281. The SMILES string of the molecule is CC(NC(=O)O)C(=O)Nc1cnccc1Nc1ccc(Cl)cn1.